The van der Waals surface area contributed by atoms with E-state index in [0.29, 0.717) is 11.8 Å². The molecule has 6 nitrogen and oxygen atoms in total. The zero-order valence-corrected chi connectivity index (χ0v) is 9.58. The topological polar surface area (TPSA) is 77.4 Å². The van der Waals surface area contributed by atoms with Gasteiger partial charge in [-0.15, -0.1) is 0 Å². The molecule has 1 fully saturated rings. The van der Waals surface area contributed by atoms with E-state index < -0.39 is 0 Å². The van der Waals surface area contributed by atoms with Gasteiger partial charge in [0, 0.05) is 19.1 Å². The summed E-state index contributed by atoms with van der Waals surface area (Å²) in [5, 5.41) is 4.02. The molecule has 1 aliphatic heterocycles. The third-order valence-corrected chi connectivity index (χ3v) is 3.16. The number of aromatic nitrogens is 2. The lowest BCUT2D eigenvalue weighted by Crippen LogP contribution is -2.36. The number of ether oxygens (including phenoxy) is 1. The molecule has 2 N–H and O–H groups in total. The lowest BCUT2D eigenvalue weighted by Gasteiger charge is -2.24. The molecule has 0 bridgehead atoms. The standard InChI is InChI=1S/C11H16N4O2/c12-9-2-1-8(7-9)10-13-11(14-17-10)15-3-5-16-6-4-15/h1-2,8-9H,3-7,12H2. The third kappa shape index (κ3) is 2.18. The number of anilines is 1. The molecular formula is C11H16N4O2. The van der Waals surface area contributed by atoms with Gasteiger partial charge in [-0.05, 0) is 11.6 Å². The second-order valence-electron chi connectivity index (χ2n) is 4.42. The van der Waals surface area contributed by atoms with Gasteiger partial charge in [0.05, 0.1) is 19.1 Å². The summed E-state index contributed by atoms with van der Waals surface area (Å²) in [6.45, 7) is 3.08. The lowest BCUT2D eigenvalue weighted by molar-refractivity contribution is 0.121. The average molecular weight is 236 g/mol. The molecule has 2 aliphatic rings. The van der Waals surface area contributed by atoms with Gasteiger partial charge in [0.2, 0.25) is 5.89 Å². The van der Waals surface area contributed by atoms with Crippen LogP contribution in [0, 0.1) is 0 Å². The minimum absolute atomic E-state index is 0.110. The van der Waals surface area contributed by atoms with Gasteiger partial charge in [-0.1, -0.05) is 12.2 Å². The van der Waals surface area contributed by atoms with E-state index in [4.69, 9.17) is 15.0 Å². The fourth-order valence-corrected chi connectivity index (χ4v) is 2.18. The molecule has 92 valence electrons. The van der Waals surface area contributed by atoms with Crippen molar-refractivity contribution in [3.63, 3.8) is 0 Å². The highest BCUT2D eigenvalue weighted by Crippen LogP contribution is 2.27. The summed E-state index contributed by atoms with van der Waals surface area (Å²) >= 11 is 0. The summed E-state index contributed by atoms with van der Waals surface area (Å²) in [5.74, 6) is 1.50. The maximum Gasteiger partial charge on any atom is 0.266 e. The van der Waals surface area contributed by atoms with Crippen molar-refractivity contribution >= 4 is 5.95 Å². The third-order valence-electron chi connectivity index (χ3n) is 3.16. The Hall–Kier alpha value is -1.40. The molecule has 0 spiro atoms. The Morgan fingerprint density at radius 2 is 2.12 bits per heavy atom. The molecular weight excluding hydrogens is 220 g/mol. The van der Waals surface area contributed by atoms with Gasteiger partial charge in [0.25, 0.3) is 5.95 Å². The number of allylic oxidation sites excluding steroid dienone is 1. The van der Waals surface area contributed by atoms with Crippen LogP contribution in [0.25, 0.3) is 0 Å². The van der Waals surface area contributed by atoms with Crippen molar-refractivity contribution in [1.29, 1.82) is 0 Å². The van der Waals surface area contributed by atoms with Crippen LogP contribution in [0.1, 0.15) is 18.2 Å². The maximum atomic E-state index is 5.81. The van der Waals surface area contributed by atoms with Crippen molar-refractivity contribution in [2.45, 2.75) is 18.4 Å². The summed E-state index contributed by atoms with van der Waals surface area (Å²) < 4.78 is 10.6. The highest BCUT2D eigenvalue weighted by molar-refractivity contribution is 5.29. The molecule has 2 atom stereocenters. The van der Waals surface area contributed by atoms with Crippen LogP contribution in [0.4, 0.5) is 5.95 Å². The van der Waals surface area contributed by atoms with Crippen LogP contribution in [-0.2, 0) is 4.74 Å². The van der Waals surface area contributed by atoms with E-state index in [9.17, 15) is 0 Å². The Kier molecular flexibility index (Phi) is 2.82. The SMILES string of the molecule is NC1C=CC(c2nc(N3CCOCC3)no2)C1. The van der Waals surface area contributed by atoms with Gasteiger partial charge in [-0.2, -0.15) is 4.98 Å². The quantitative estimate of drug-likeness (QED) is 0.743. The molecule has 2 unspecified atom stereocenters. The Morgan fingerprint density at radius 3 is 2.82 bits per heavy atom. The van der Waals surface area contributed by atoms with E-state index in [1.54, 1.807) is 0 Å². The van der Waals surface area contributed by atoms with Gasteiger partial charge >= 0.3 is 0 Å². The first-order valence-electron chi connectivity index (χ1n) is 5.93. The monoisotopic (exact) mass is 236 g/mol. The van der Waals surface area contributed by atoms with Crippen LogP contribution >= 0.6 is 0 Å². The molecule has 0 saturated carbocycles. The number of hydrogen-bond acceptors (Lipinski definition) is 6. The number of rotatable bonds is 2. The molecule has 2 heterocycles. The van der Waals surface area contributed by atoms with Gasteiger partial charge < -0.3 is 19.9 Å². The van der Waals surface area contributed by atoms with E-state index in [0.717, 1.165) is 32.7 Å². The smallest absolute Gasteiger partial charge is 0.266 e. The average Bonchev–Trinajstić information content (AvgIpc) is 2.98. The minimum Gasteiger partial charge on any atom is -0.378 e. The molecule has 0 radical (unpaired) electrons. The number of nitrogens with zero attached hydrogens (tertiary/aromatic N) is 3. The van der Waals surface area contributed by atoms with Crippen molar-refractivity contribution in [3.05, 3.63) is 18.0 Å². The van der Waals surface area contributed by atoms with Crippen molar-refractivity contribution in [1.82, 2.24) is 10.1 Å². The largest absolute Gasteiger partial charge is 0.378 e. The molecule has 17 heavy (non-hydrogen) atoms. The molecule has 1 aromatic rings. The molecule has 0 amide bonds. The lowest BCUT2D eigenvalue weighted by atomic mass is 10.1. The molecule has 6 heteroatoms. The van der Waals surface area contributed by atoms with Crippen LogP contribution in [0.2, 0.25) is 0 Å². The molecule has 3 rings (SSSR count). The van der Waals surface area contributed by atoms with E-state index in [1.165, 1.54) is 0 Å². The van der Waals surface area contributed by atoms with Crippen molar-refractivity contribution in [2.75, 3.05) is 31.2 Å². The first-order valence-corrected chi connectivity index (χ1v) is 5.93. The summed E-state index contributed by atoms with van der Waals surface area (Å²) in [6, 6.07) is 0.110. The van der Waals surface area contributed by atoms with Gasteiger partial charge in [-0.25, -0.2) is 0 Å². The van der Waals surface area contributed by atoms with E-state index >= 15 is 0 Å². The second kappa shape index (κ2) is 4.46. The van der Waals surface area contributed by atoms with Crippen LogP contribution in [0.5, 0.6) is 0 Å². The normalized spacial score (nSPS) is 28.9. The first kappa shape index (κ1) is 10.7. The van der Waals surface area contributed by atoms with Crippen LogP contribution in [0.3, 0.4) is 0 Å². The second-order valence-corrected chi connectivity index (χ2v) is 4.42. The van der Waals surface area contributed by atoms with Crippen LogP contribution in [0.15, 0.2) is 16.7 Å². The fourth-order valence-electron chi connectivity index (χ4n) is 2.18. The molecule has 1 aromatic heterocycles. The predicted octanol–water partition coefficient (Wildman–Crippen LogP) is 0.277. The Balaban J connectivity index is 1.71. The van der Waals surface area contributed by atoms with Crippen LogP contribution < -0.4 is 10.6 Å². The highest BCUT2D eigenvalue weighted by atomic mass is 16.5. The first-order chi connectivity index (χ1) is 8.33. The molecule has 1 aliphatic carbocycles. The Bertz CT molecular complexity index is 411. The zero-order chi connectivity index (χ0) is 11.7. The van der Waals surface area contributed by atoms with E-state index in [-0.39, 0.29) is 12.0 Å². The number of morpholine rings is 1. The summed E-state index contributed by atoms with van der Waals surface area (Å²) in [6.07, 6.45) is 4.88. The van der Waals surface area contributed by atoms with E-state index in [1.807, 2.05) is 12.2 Å². The maximum absolute atomic E-state index is 5.81. The fraction of sp³-hybridized carbons (Fsp3) is 0.636. The highest BCUT2D eigenvalue weighted by Gasteiger charge is 2.24. The van der Waals surface area contributed by atoms with Crippen molar-refractivity contribution in [3.8, 4) is 0 Å². The van der Waals surface area contributed by atoms with Crippen LogP contribution in [-0.4, -0.2) is 42.5 Å². The van der Waals surface area contributed by atoms with E-state index in [2.05, 4.69) is 15.0 Å². The number of hydrogen-bond donors (Lipinski definition) is 1. The molecule has 1 saturated heterocycles. The Morgan fingerprint density at radius 1 is 1.29 bits per heavy atom. The minimum atomic E-state index is 0.110. The summed E-state index contributed by atoms with van der Waals surface area (Å²) in [5.41, 5.74) is 5.81. The van der Waals surface area contributed by atoms with Crippen molar-refractivity contribution < 1.29 is 9.26 Å². The van der Waals surface area contributed by atoms with Crippen molar-refractivity contribution in [2.24, 2.45) is 5.73 Å². The summed E-state index contributed by atoms with van der Waals surface area (Å²) in [4.78, 5) is 6.51. The van der Waals surface area contributed by atoms with Gasteiger partial charge in [0.15, 0.2) is 0 Å². The molecule has 0 aromatic carbocycles. The van der Waals surface area contributed by atoms with Gasteiger partial charge in [0.1, 0.15) is 0 Å². The zero-order valence-electron chi connectivity index (χ0n) is 9.58. The number of nitrogens with two attached hydrogens (primary N) is 1. The summed E-state index contributed by atoms with van der Waals surface area (Å²) in [7, 11) is 0. The Labute approximate surface area is 99.4 Å². The van der Waals surface area contributed by atoms with Gasteiger partial charge in [-0.3, -0.25) is 0 Å². The predicted molar refractivity (Wildman–Crippen MR) is 61.8 cm³/mol.